The minimum absolute atomic E-state index is 0.0508. The van der Waals surface area contributed by atoms with Gasteiger partial charge in [0.2, 0.25) is 0 Å². The first kappa shape index (κ1) is 12.6. The van der Waals surface area contributed by atoms with Crippen molar-refractivity contribution >= 4 is 15.9 Å². The summed E-state index contributed by atoms with van der Waals surface area (Å²) in [4.78, 5) is 0. The molecule has 0 saturated heterocycles. The molecule has 0 radical (unpaired) electrons. The molecule has 0 aromatic carbocycles. The number of aryl methyl sites for hydroxylation is 2. The van der Waals surface area contributed by atoms with Crippen molar-refractivity contribution in [1.82, 2.24) is 15.1 Å². The van der Waals surface area contributed by atoms with Crippen molar-refractivity contribution in [3.05, 3.63) is 15.9 Å². The summed E-state index contributed by atoms with van der Waals surface area (Å²) in [6.45, 7) is 4.81. The van der Waals surface area contributed by atoms with Gasteiger partial charge in [0.25, 0.3) is 0 Å². The lowest BCUT2D eigenvalue weighted by molar-refractivity contribution is 0.484. The highest BCUT2D eigenvalue weighted by molar-refractivity contribution is 9.10. The number of nitriles is 1. The van der Waals surface area contributed by atoms with E-state index in [1.54, 1.807) is 0 Å². The van der Waals surface area contributed by atoms with Gasteiger partial charge in [-0.2, -0.15) is 10.4 Å². The lowest BCUT2D eigenvalue weighted by Crippen LogP contribution is -2.30. The Hall–Kier alpha value is -0.860. The Balaban J connectivity index is 1.91. The van der Waals surface area contributed by atoms with E-state index in [2.05, 4.69) is 32.4 Å². The number of nitrogens with one attached hydrogen (secondary N) is 1. The van der Waals surface area contributed by atoms with Crippen LogP contribution in [0.15, 0.2) is 4.47 Å². The molecule has 1 aliphatic rings. The fourth-order valence-corrected chi connectivity index (χ4v) is 2.15. The Bertz CT molecular complexity index is 442. The van der Waals surface area contributed by atoms with Crippen molar-refractivity contribution in [1.29, 1.82) is 5.26 Å². The second kappa shape index (κ2) is 5.19. The van der Waals surface area contributed by atoms with E-state index in [1.165, 1.54) is 12.8 Å². The molecule has 1 unspecified atom stereocenters. The maximum atomic E-state index is 9.06. The molecule has 4 nitrogen and oxygen atoms in total. The predicted molar refractivity (Wildman–Crippen MR) is 69.6 cm³/mol. The Labute approximate surface area is 110 Å². The smallest absolute Gasteiger partial charge is 0.0972 e. The largest absolute Gasteiger partial charge is 0.299 e. The molecule has 0 amide bonds. The van der Waals surface area contributed by atoms with Gasteiger partial charge in [-0.3, -0.25) is 10.00 Å². The molecule has 1 aromatic heterocycles. The number of halogens is 1. The van der Waals surface area contributed by atoms with Gasteiger partial charge in [0.05, 0.1) is 22.3 Å². The Morgan fingerprint density at radius 2 is 2.29 bits per heavy atom. The first-order valence-corrected chi connectivity index (χ1v) is 6.76. The molecule has 1 fully saturated rings. The third-order valence-electron chi connectivity index (χ3n) is 3.09. The molecule has 1 atom stereocenters. The molecule has 92 valence electrons. The van der Waals surface area contributed by atoms with Gasteiger partial charge in [-0.25, -0.2) is 0 Å². The van der Waals surface area contributed by atoms with Gasteiger partial charge < -0.3 is 0 Å². The zero-order valence-electron chi connectivity index (χ0n) is 10.2. The van der Waals surface area contributed by atoms with Crippen LogP contribution in [0, 0.1) is 25.2 Å². The SMILES string of the molecule is Cc1nn(CCC(C#N)NC2CC2)c(C)c1Br. The fourth-order valence-electron chi connectivity index (χ4n) is 1.86. The Morgan fingerprint density at radius 1 is 1.59 bits per heavy atom. The van der Waals surface area contributed by atoms with E-state index in [9.17, 15) is 0 Å². The van der Waals surface area contributed by atoms with Gasteiger partial charge in [0.1, 0.15) is 0 Å². The van der Waals surface area contributed by atoms with Crippen LogP contribution in [-0.2, 0) is 6.54 Å². The molecule has 5 heteroatoms. The molecule has 0 spiro atoms. The molecule has 1 aliphatic carbocycles. The number of nitrogens with zero attached hydrogens (tertiary/aromatic N) is 3. The average molecular weight is 297 g/mol. The van der Waals surface area contributed by atoms with E-state index in [4.69, 9.17) is 5.26 Å². The third kappa shape index (κ3) is 3.08. The van der Waals surface area contributed by atoms with Crippen molar-refractivity contribution in [2.45, 2.75) is 51.7 Å². The van der Waals surface area contributed by atoms with Crippen LogP contribution < -0.4 is 5.32 Å². The number of aromatic nitrogens is 2. The first-order chi connectivity index (χ1) is 8.11. The monoisotopic (exact) mass is 296 g/mol. The van der Waals surface area contributed by atoms with E-state index in [0.717, 1.165) is 28.8 Å². The molecular formula is C12H17BrN4. The number of hydrogen-bond acceptors (Lipinski definition) is 3. The average Bonchev–Trinajstić information content (AvgIpc) is 3.10. The fraction of sp³-hybridized carbons (Fsp3) is 0.667. The highest BCUT2D eigenvalue weighted by Gasteiger charge is 2.24. The highest BCUT2D eigenvalue weighted by Crippen LogP contribution is 2.21. The predicted octanol–water partition coefficient (Wildman–Crippen LogP) is 2.30. The minimum atomic E-state index is -0.0508. The quantitative estimate of drug-likeness (QED) is 0.907. The zero-order chi connectivity index (χ0) is 12.4. The normalized spacial score (nSPS) is 16.8. The molecular weight excluding hydrogens is 280 g/mol. The molecule has 17 heavy (non-hydrogen) atoms. The standard InChI is InChI=1S/C12H17BrN4/c1-8-12(13)9(2)17(16-8)6-5-11(7-14)15-10-3-4-10/h10-11,15H,3-6H2,1-2H3. The minimum Gasteiger partial charge on any atom is -0.299 e. The van der Waals surface area contributed by atoms with Crippen LogP contribution in [0.5, 0.6) is 0 Å². The van der Waals surface area contributed by atoms with Crippen LogP contribution in [0.2, 0.25) is 0 Å². The van der Waals surface area contributed by atoms with E-state index < -0.39 is 0 Å². The lowest BCUT2D eigenvalue weighted by Gasteiger charge is -2.11. The molecule has 1 aromatic rings. The second-order valence-corrected chi connectivity index (χ2v) is 5.41. The summed E-state index contributed by atoms with van der Waals surface area (Å²) in [5, 5.41) is 16.8. The van der Waals surface area contributed by atoms with Crippen LogP contribution >= 0.6 is 15.9 Å². The van der Waals surface area contributed by atoms with Crippen LogP contribution in [0.3, 0.4) is 0 Å². The third-order valence-corrected chi connectivity index (χ3v) is 4.24. The molecule has 1 heterocycles. The summed E-state index contributed by atoms with van der Waals surface area (Å²) in [5.41, 5.74) is 2.14. The molecule has 2 rings (SSSR count). The van der Waals surface area contributed by atoms with E-state index in [1.807, 2.05) is 18.5 Å². The van der Waals surface area contributed by atoms with Crippen molar-refractivity contribution in [2.24, 2.45) is 0 Å². The van der Waals surface area contributed by atoms with Gasteiger partial charge in [-0.05, 0) is 49.0 Å². The summed E-state index contributed by atoms with van der Waals surface area (Å²) in [7, 11) is 0. The summed E-state index contributed by atoms with van der Waals surface area (Å²) >= 11 is 3.51. The van der Waals surface area contributed by atoms with Gasteiger partial charge >= 0.3 is 0 Å². The lowest BCUT2D eigenvalue weighted by atomic mass is 10.2. The zero-order valence-corrected chi connectivity index (χ0v) is 11.8. The summed E-state index contributed by atoms with van der Waals surface area (Å²) in [6, 6.07) is 2.85. The van der Waals surface area contributed by atoms with Crippen molar-refractivity contribution in [3.63, 3.8) is 0 Å². The first-order valence-electron chi connectivity index (χ1n) is 5.97. The summed E-state index contributed by atoms with van der Waals surface area (Å²) in [5.74, 6) is 0. The van der Waals surface area contributed by atoms with E-state index in [-0.39, 0.29) is 6.04 Å². The van der Waals surface area contributed by atoms with Crippen molar-refractivity contribution in [3.8, 4) is 6.07 Å². The van der Waals surface area contributed by atoms with E-state index in [0.29, 0.717) is 6.04 Å². The van der Waals surface area contributed by atoms with E-state index >= 15 is 0 Å². The van der Waals surface area contributed by atoms with Gasteiger partial charge in [-0.1, -0.05) is 0 Å². The number of hydrogen-bond donors (Lipinski definition) is 1. The maximum absolute atomic E-state index is 9.06. The molecule has 1 N–H and O–H groups in total. The van der Waals surface area contributed by atoms with Gasteiger partial charge in [-0.15, -0.1) is 0 Å². The van der Waals surface area contributed by atoms with Gasteiger partial charge in [0, 0.05) is 18.3 Å². The summed E-state index contributed by atoms with van der Waals surface area (Å²) < 4.78 is 3.04. The van der Waals surface area contributed by atoms with Crippen LogP contribution in [0.1, 0.15) is 30.7 Å². The van der Waals surface area contributed by atoms with Crippen molar-refractivity contribution < 1.29 is 0 Å². The summed E-state index contributed by atoms with van der Waals surface area (Å²) in [6.07, 6.45) is 3.23. The molecule has 1 saturated carbocycles. The van der Waals surface area contributed by atoms with Crippen LogP contribution in [0.25, 0.3) is 0 Å². The van der Waals surface area contributed by atoms with Gasteiger partial charge in [0.15, 0.2) is 0 Å². The highest BCUT2D eigenvalue weighted by atomic mass is 79.9. The van der Waals surface area contributed by atoms with Crippen LogP contribution in [-0.4, -0.2) is 21.9 Å². The second-order valence-electron chi connectivity index (χ2n) is 4.62. The maximum Gasteiger partial charge on any atom is 0.0972 e. The van der Waals surface area contributed by atoms with Crippen molar-refractivity contribution in [2.75, 3.05) is 0 Å². The Morgan fingerprint density at radius 3 is 2.76 bits per heavy atom. The number of rotatable bonds is 5. The Kier molecular flexibility index (Phi) is 3.85. The topological polar surface area (TPSA) is 53.6 Å². The molecule has 0 bridgehead atoms. The van der Waals surface area contributed by atoms with Crippen LogP contribution in [0.4, 0.5) is 0 Å². The molecule has 0 aliphatic heterocycles.